The molecule has 70 valence electrons. The van der Waals surface area contributed by atoms with Crippen molar-refractivity contribution in [2.24, 2.45) is 5.92 Å². The van der Waals surface area contributed by atoms with Crippen LogP contribution in [0.1, 0.15) is 20.3 Å². The Bertz CT molecular complexity index is 184. The number of likely N-dealkylation sites (tertiary alicyclic amines) is 1. The molecule has 1 aliphatic heterocycles. The van der Waals surface area contributed by atoms with Gasteiger partial charge in [-0.3, -0.25) is 4.79 Å². The number of amides is 1. The lowest BCUT2D eigenvalue weighted by molar-refractivity contribution is -0.143. The van der Waals surface area contributed by atoms with E-state index in [0.29, 0.717) is 12.5 Å². The monoisotopic (exact) mass is 177 g/mol. The Morgan fingerprint density at radius 2 is 2.08 bits per heavy atom. The fraction of sp³-hybridized carbons (Fsp3) is 0.875. The molecule has 0 saturated carbocycles. The molecule has 0 N–H and O–H groups in total. The predicted molar refractivity (Wildman–Crippen MR) is 41.0 cm³/mol. The maximum Gasteiger partial charge on any atom is 0.315 e. The average Bonchev–Trinajstić information content (AvgIpc) is 2.32. The van der Waals surface area contributed by atoms with Crippen molar-refractivity contribution < 1.29 is 13.6 Å². The van der Waals surface area contributed by atoms with Gasteiger partial charge in [-0.05, 0) is 19.3 Å². The van der Waals surface area contributed by atoms with Crippen LogP contribution in [0, 0.1) is 5.92 Å². The van der Waals surface area contributed by atoms with Gasteiger partial charge in [-0.2, -0.15) is 8.78 Å². The van der Waals surface area contributed by atoms with Crippen molar-refractivity contribution in [3.05, 3.63) is 0 Å². The number of hydrogen-bond acceptors (Lipinski definition) is 1. The first-order chi connectivity index (χ1) is 5.54. The molecule has 1 rings (SSSR count). The molecule has 1 amide bonds. The predicted octanol–water partition coefficient (Wildman–Crippen LogP) is 1.51. The summed E-state index contributed by atoms with van der Waals surface area (Å²) in [5.41, 5.74) is 0. The standard InChI is InChI=1S/C8H13F2NO/c1-5-3-4-11(6(5)2)8(12)7(9)10/h5-7H,3-4H2,1-2H3. The number of hydrogen-bond donors (Lipinski definition) is 0. The van der Waals surface area contributed by atoms with Gasteiger partial charge in [-0.15, -0.1) is 0 Å². The molecule has 0 aromatic carbocycles. The summed E-state index contributed by atoms with van der Waals surface area (Å²) in [5.74, 6) is -0.681. The van der Waals surface area contributed by atoms with Gasteiger partial charge in [-0.25, -0.2) is 0 Å². The highest BCUT2D eigenvalue weighted by Crippen LogP contribution is 2.24. The van der Waals surface area contributed by atoms with Crippen LogP contribution in [0.15, 0.2) is 0 Å². The second-order valence-corrected chi connectivity index (χ2v) is 3.34. The molecule has 2 atom stereocenters. The SMILES string of the molecule is CC1CCN(C(=O)C(F)F)C1C. The Labute approximate surface area is 70.5 Å². The summed E-state index contributed by atoms with van der Waals surface area (Å²) in [7, 11) is 0. The van der Waals surface area contributed by atoms with Gasteiger partial charge in [0.15, 0.2) is 0 Å². The molecule has 4 heteroatoms. The molecule has 0 radical (unpaired) electrons. The molecule has 1 heterocycles. The van der Waals surface area contributed by atoms with Crippen molar-refractivity contribution in [1.29, 1.82) is 0 Å². The van der Waals surface area contributed by atoms with Crippen LogP contribution < -0.4 is 0 Å². The first kappa shape index (κ1) is 9.42. The van der Waals surface area contributed by atoms with Crippen molar-refractivity contribution in [1.82, 2.24) is 4.90 Å². The van der Waals surface area contributed by atoms with E-state index in [4.69, 9.17) is 0 Å². The lowest BCUT2D eigenvalue weighted by atomic mass is 10.1. The van der Waals surface area contributed by atoms with Crippen LogP contribution in [0.4, 0.5) is 8.78 Å². The minimum absolute atomic E-state index is 0.0356. The summed E-state index contributed by atoms with van der Waals surface area (Å²) in [4.78, 5) is 12.2. The van der Waals surface area contributed by atoms with Crippen LogP contribution in [0.25, 0.3) is 0 Å². The van der Waals surface area contributed by atoms with E-state index in [9.17, 15) is 13.6 Å². The van der Waals surface area contributed by atoms with E-state index in [1.807, 2.05) is 13.8 Å². The van der Waals surface area contributed by atoms with E-state index in [1.54, 1.807) is 0 Å². The van der Waals surface area contributed by atoms with E-state index in [0.717, 1.165) is 6.42 Å². The van der Waals surface area contributed by atoms with E-state index < -0.39 is 12.3 Å². The van der Waals surface area contributed by atoms with Gasteiger partial charge < -0.3 is 4.90 Å². The van der Waals surface area contributed by atoms with Crippen LogP contribution >= 0.6 is 0 Å². The minimum Gasteiger partial charge on any atom is -0.335 e. The summed E-state index contributed by atoms with van der Waals surface area (Å²) >= 11 is 0. The van der Waals surface area contributed by atoms with Crippen LogP contribution in [0.2, 0.25) is 0 Å². The van der Waals surface area contributed by atoms with Crippen LogP contribution in [-0.4, -0.2) is 29.8 Å². The Hall–Kier alpha value is -0.670. The van der Waals surface area contributed by atoms with Crippen molar-refractivity contribution >= 4 is 5.91 Å². The van der Waals surface area contributed by atoms with Crippen molar-refractivity contribution in [3.8, 4) is 0 Å². The highest BCUT2D eigenvalue weighted by Gasteiger charge is 2.34. The molecule has 0 spiro atoms. The fourth-order valence-electron chi connectivity index (χ4n) is 1.53. The summed E-state index contributed by atoms with van der Waals surface area (Å²) in [6.45, 7) is 4.27. The van der Waals surface area contributed by atoms with Crippen molar-refractivity contribution in [3.63, 3.8) is 0 Å². The number of carbonyl (C=O) groups is 1. The Morgan fingerprint density at radius 3 is 2.42 bits per heavy atom. The largest absolute Gasteiger partial charge is 0.335 e. The molecule has 2 unspecified atom stereocenters. The summed E-state index contributed by atoms with van der Waals surface area (Å²) in [6, 6.07) is -0.0356. The third-order valence-electron chi connectivity index (χ3n) is 2.61. The highest BCUT2D eigenvalue weighted by molar-refractivity contribution is 5.79. The third-order valence-corrected chi connectivity index (χ3v) is 2.61. The van der Waals surface area contributed by atoms with Crippen molar-refractivity contribution in [2.75, 3.05) is 6.54 Å². The van der Waals surface area contributed by atoms with Crippen LogP contribution in [0.5, 0.6) is 0 Å². The summed E-state index contributed by atoms with van der Waals surface area (Å²) in [6.07, 6.45) is -2.02. The molecule has 1 saturated heterocycles. The zero-order valence-corrected chi connectivity index (χ0v) is 7.26. The van der Waals surface area contributed by atoms with Gasteiger partial charge in [0.2, 0.25) is 0 Å². The van der Waals surface area contributed by atoms with E-state index >= 15 is 0 Å². The molecular formula is C8H13F2NO. The van der Waals surface area contributed by atoms with Crippen LogP contribution in [0.3, 0.4) is 0 Å². The number of halogens is 2. The number of nitrogens with zero attached hydrogens (tertiary/aromatic N) is 1. The first-order valence-electron chi connectivity index (χ1n) is 4.12. The van der Waals surface area contributed by atoms with Crippen LogP contribution in [-0.2, 0) is 4.79 Å². The summed E-state index contributed by atoms with van der Waals surface area (Å²) in [5, 5.41) is 0. The Kier molecular flexibility index (Phi) is 2.65. The quantitative estimate of drug-likeness (QED) is 0.594. The van der Waals surface area contributed by atoms with Gasteiger partial charge in [0.05, 0.1) is 0 Å². The lowest BCUT2D eigenvalue weighted by Crippen LogP contribution is -2.39. The molecule has 1 aliphatic rings. The Morgan fingerprint density at radius 1 is 1.50 bits per heavy atom. The number of carbonyl (C=O) groups excluding carboxylic acids is 1. The van der Waals surface area contributed by atoms with E-state index in [-0.39, 0.29) is 6.04 Å². The molecule has 0 aliphatic carbocycles. The van der Waals surface area contributed by atoms with Gasteiger partial charge in [0.25, 0.3) is 5.91 Å². The van der Waals surface area contributed by atoms with Gasteiger partial charge in [0, 0.05) is 12.6 Å². The minimum atomic E-state index is -2.85. The average molecular weight is 177 g/mol. The molecule has 0 bridgehead atoms. The topological polar surface area (TPSA) is 20.3 Å². The van der Waals surface area contributed by atoms with Gasteiger partial charge in [0.1, 0.15) is 0 Å². The zero-order valence-electron chi connectivity index (χ0n) is 7.26. The Balaban J connectivity index is 2.59. The van der Waals surface area contributed by atoms with Crippen molar-refractivity contribution in [2.45, 2.75) is 32.7 Å². The molecule has 2 nitrogen and oxygen atoms in total. The first-order valence-corrected chi connectivity index (χ1v) is 4.12. The maximum atomic E-state index is 12.0. The zero-order chi connectivity index (χ0) is 9.30. The second kappa shape index (κ2) is 3.37. The summed E-state index contributed by atoms with van der Waals surface area (Å²) < 4.78 is 24.0. The smallest absolute Gasteiger partial charge is 0.315 e. The lowest BCUT2D eigenvalue weighted by Gasteiger charge is -2.22. The molecule has 12 heavy (non-hydrogen) atoms. The van der Waals surface area contributed by atoms with E-state index in [2.05, 4.69) is 0 Å². The third kappa shape index (κ3) is 1.57. The van der Waals surface area contributed by atoms with Gasteiger partial charge >= 0.3 is 6.43 Å². The molecule has 1 fully saturated rings. The van der Waals surface area contributed by atoms with E-state index in [1.165, 1.54) is 4.90 Å². The fourth-order valence-corrected chi connectivity index (χ4v) is 1.53. The normalized spacial score (nSPS) is 29.9. The highest BCUT2D eigenvalue weighted by atomic mass is 19.3. The second-order valence-electron chi connectivity index (χ2n) is 3.34. The molecule has 0 aromatic heterocycles. The number of alkyl halides is 2. The number of rotatable bonds is 1. The van der Waals surface area contributed by atoms with Gasteiger partial charge in [-0.1, -0.05) is 6.92 Å². The molecular weight excluding hydrogens is 164 g/mol. The molecule has 0 aromatic rings. The maximum absolute atomic E-state index is 12.0.